The Labute approximate surface area is 196 Å². The highest BCUT2D eigenvalue weighted by Crippen LogP contribution is 2.35. The SMILES string of the molecule is CC(=O)c1ccc2c(c1O)C=C/C(=C\Cl)CO2.OCc1ccc2c(c1)C=C/C(=C\Cl)CO2. The van der Waals surface area contributed by atoms with Gasteiger partial charge in [0.15, 0.2) is 5.78 Å². The summed E-state index contributed by atoms with van der Waals surface area (Å²) in [5, 5.41) is 19.0. The molecule has 2 aliphatic rings. The molecular formula is C25H22Cl2O5. The number of Topliss-reactive ketones (excluding diaryl/α,β-unsaturated/α-hetero) is 1. The topological polar surface area (TPSA) is 76.0 Å². The Bertz CT molecular complexity index is 1130. The van der Waals surface area contributed by atoms with Gasteiger partial charge in [-0.2, -0.15) is 0 Å². The van der Waals surface area contributed by atoms with Crippen molar-refractivity contribution >= 4 is 41.1 Å². The van der Waals surface area contributed by atoms with Crippen molar-refractivity contribution in [1.82, 2.24) is 0 Å². The van der Waals surface area contributed by atoms with E-state index in [-0.39, 0.29) is 23.7 Å². The minimum Gasteiger partial charge on any atom is -0.506 e. The predicted molar refractivity (Wildman–Crippen MR) is 127 cm³/mol. The highest BCUT2D eigenvalue weighted by molar-refractivity contribution is 6.26. The van der Waals surface area contributed by atoms with Gasteiger partial charge < -0.3 is 19.7 Å². The number of ketones is 1. The van der Waals surface area contributed by atoms with Gasteiger partial charge in [-0.1, -0.05) is 47.5 Å². The number of benzene rings is 2. The minimum absolute atomic E-state index is 0.0410. The lowest BCUT2D eigenvalue weighted by Gasteiger charge is -2.10. The van der Waals surface area contributed by atoms with Gasteiger partial charge in [0.05, 0.1) is 17.7 Å². The Morgan fingerprint density at radius 1 is 0.969 bits per heavy atom. The monoisotopic (exact) mass is 472 g/mol. The molecule has 32 heavy (non-hydrogen) atoms. The van der Waals surface area contributed by atoms with Gasteiger partial charge in [-0.25, -0.2) is 0 Å². The summed E-state index contributed by atoms with van der Waals surface area (Å²) in [6.45, 7) is 2.27. The Balaban J connectivity index is 0.000000182. The first-order chi connectivity index (χ1) is 15.5. The van der Waals surface area contributed by atoms with Gasteiger partial charge in [0.25, 0.3) is 0 Å². The second-order valence-corrected chi connectivity index (χ2v) is 7.51. The van der Waals surface area contributed by atoms with Gasteiger partial charge >= 0.3 is 0 Å². The van der Waals surface area contributed by atoms with Gasteiger partial charge in [0, 0.05) is 27.8 Å². The fraction of sp³-hybridized carbons (Fsp3) is 0.160. The van der Waals surface area contributed by atoms with Gasteiger partial charge in [-0.15, -0.1) is 0 Å². The van der Waals surface area contributed by atoms with E-state index in [2.05, 4.69) is 0 Å². The zero-order valence-corrected chi connectivity index (χ0v) is 18.9. The van der Waals surface area contributed by atoms with E-state index in [4.69, 9.17) is 37.8 Å². The van der Waals surface area contributed by atoms with E-state index in [1.54, 1.807) is 24.3 Å². The van der Waals surface area contributed by atoms with Crippen molar-refractivity contribution in [2.24, 2.45) is 0 Å². The van der Waals surface area contributed by atoms with Crippen LogP contribution in [0.25, 0.3) is 12.2 Å². The molecule has 2 aromatic rings. The molecule has 4 rings (SSSR count). The lowest BCUT2D eigenvalue weighted by Crippen LogP contribution is -2.00. The number of hydrogen-bond donors (Lipinski definition) is 2. The van der Waals surface area contributed by atoms with Crippen LogP contribution in [0.3, 0.4) is 0 Å². The molecule has 0 aromatic heterocycles. The Morgan fingerprint density at radius 2 is 1.59 bits per heavy atom. The van der Waals surface area contributed by atoms with Crippen LogP contribution < -0.4 is 9.47 Å². The van der Waals surface area contributed by atoms with Crippen molar-refractivity contribution < 1.29 is 24.5 Å². The quantitative estimate of drug-likeness (QED) is 0.537. The molecule has 2 N–H and O–H groups in total. The molecular weight excluding hydrogens is 451 g/mol. The average molecular weight is 473 g/mol. The van der Waals surface area contributed by atoms with Crippen LogP contribution >= 0.6 is 23.2 Å². The molecule has 2 heterocycles. The molecule has 2 aromatic carbocycles. The Kier molecular flexibility index (Phi) is 8.17. The minimum atomic E-state index is -0.184. The Morgan fingerprint density at radius 3 is 2.22 bits per heavy atom. The molecule has 0 atom stereocenters. The third kappa shape index (κ3) is 5.62. The van der Waals surface area contributed by atoms with E-state index in [1.165, 1.54) is 18.0 Å². The van der Waals surface area contributed by atoms with E-state index in [0.717, 1.165) is 28.0 Å². The third-order valence-electron chi connectivity index (χ3n) is 4.82. The smallest absolute Gasteiger partial charge is 0.163 e. The first-order valence-corrected chi connectivity index (χ1v) is 10.6. The maximum atomic E-state index is 11.3. The molecule has 0 saturated carbocycles. The van der Waals surface area contributed by atoms with Crippen molar-refractivity contribution in [3.63, 3.8) is 0 Å². The molecule has 166 valence electrons. The van der Waals surface area contributed by atoms with Gasteiger partial charge in [-0.05, 0) is 42.8 Å². The molecule has 5 nitrogen and oxygen atoms in total. The number of halogens is 2. The molecule has 0 radical (unpaired) electrons. The van der Waals surface area contributed by atoms with E-state index in [1.807, 2.05) is 30.4 Å². The molecule has 0 spiro atoms. The van der Waals surface area contributed by atoms with Crippen LogP contribution in [-0.2, 0) is 6.61 Å². The fourth-order valence-corrected chi connectivity index (χ4v) is 3.33. The molecule has 7 heteroatoms. The summed E-state index contributed by atoms with van der Waals surface area (Å²) in [7, 11) is 0. The van der Waals surface area contributed by atoms with E-state index in [0.29, 0.717) is 24.5 Å². The summed E-state index contributed by atoms with van der Waals surface area (Å²) in [6, 6.07) is 8.85. The van der Waals surface area contributed by atoms with Crippen molar-refractivity contribution in [1.29, 1.82) is 0 Å². The van der Waals surface area contributed by atoms with Crippen LogP contribution in [-0.4, -0.2) is 29.2 Å². The summed E-state index contributed by atoms with van der Waals surface area (Å²) >= 11 is 11.2. The summed E-state index contributed by atoms with van der Waals surface area (Å²) in [5.74, 6) is 1.12. The van der Waals surface area contributed by atoms with Crippen LogP contribution in [0.4, 0.5) is 0 Å². The number of carbonyl (C=O) groups is 1. The van der Waals surface area contributed by atoms with Crippen LogP contribution in [0.15, 0.2) is 64.7 Å². The second kappa shape index (κ2) is 11.0. The van der Waals surface area contributed by atoms with Crippen LogP contribution in [0.2, 0.25) is 0 Å². The van der Waals surface area contributed by atoms with Gasteiger partial charge in [-0.3, -0.25) is 4.79 Å². The molecule has 0 unspecified atom stereocenters. The first kappa shape index (κ1) is 23.7. The second-order valence-electron chi connectivity index (χ2n) is 7.07. The zero-order valence-electron chi connectivity index (χ0n) is 17.3. The van der Waals surface area contributed by atoms with Crippen molar-refractivity contribution in [2.45, 2.75) is 13.5 Å². The number of aliphatic hydroxyl groups is 1. The number of aliphatic hydroxyl groups excluding tert-OH is 1. The number of fused-ring (bicyclic) bond motifs is 2. The lowest BCUT2D eigenvalue weighted by molar-refractivity contribution is 0.101. The number of rotatable bonds is 2. The number of phenols is 1. The predicted octanol–water partition coefficient (Wildman–Crippen LogP) is 5.83. The van der Waals surface area contributed by atoms with Gasteiger partial charge in [0.2, 0.25) is 0 Å². The molecule has 0 saturated heterocycles. The molecule has 2 aliphatic heterocycles. The normalized spacial score (nSPS) is 16.6. The summed E-state index contributed by atoms with van der Waals surface area (Å²) < 4.78 is 11.0. The molecule has 0 amide bonds. The van der Waals surface area contributed by atoms with Crippen molar-refractivity contribution in [3.05, 3.63) is 87.0 Å². The van der Waals surface area contributed by atoms with Crippen molar-refractivity contribution in [3.8, 4) is 17.2 Å². The molecule has 0 aliphatic carbocycles. The zero-order chi connectivity index (χ0) is 23.1. The van der Waals surface area contributed by atoms with Crippen LogP contribution in [0.5, 0.6) is 17.2 Å². The van der Waals surface area contributed by atoms with E-state index >= 15 is 0 Å². The van der Waals surface area contributed by atoms with Gasteiger partial charge in [0.1, 0.15) is 30.5 Å². The molecule has 0 fully saturated rings. The summed E-state index contributed by atoms with van der Waals surface area (Å²) in [5.41, 5.74) is 7.29. The lowest BCUT2D eigenvalue weighted by atomic mass is 10.0. The molecule has 0 bridgehead atoms. The van der Waals surface area contributed by atoms with Crippen molar-refractivity contribution in [2.75, 3.05) is 13.2 Å². The first-order valence-electron chi connectivity index (χ1n) is 9.77. The number of hydrogen-bond acceptors (Lipinski definition) is 5. The highest BCUT2D eigenvalue weighted by atomic mass is 35.5. The third-order valence-corrected chi connectivity index (χ3v) is 5.38. The average Bonchev–Trinajstić information content (AvgIpc) is 3.15. The highest BCUT2D eigenvalue weighted by Gasteiger charge is 2.16. The maximum Gasteiger partial charge on any atom is 0.163 e. The number of carbonyl (C=O) groups excluding carboxylic acids is 1. The number of ether oxygens (including phenoxy) is 2. The summed E-state index contributed by atoms with van der Waals surface area (Å²) in [4.78, 5) is 11.3. The number of aromatic hydroxyl groups is 1. The standard InChI is InChI=1S/C13H11ClO3.C12H11ClO2/c1-8(15)10-4-5-12-11(13(10)16)3-2-9(6-14)7-17-12;13-6-10-1-3-11-5-9(7-14)2-4-12(11)15-8-10/h2-6,16H,7H2,1H3;1-6,14H,7-8H2/b9-6+;10-6+. The van der Waals surface area contributed by atoms with Crippen LogP contribution in [0, 0.1) is 0 Å². The Hall–Kier alpha value is -2.99. The summed E-state index contributed by atoms with van der Waals surface area (Å²) in [6.07, 6.45) is 7.30. The van der Waals surface area contributed by atoms with E-state index in [9.17, 15) is 9.90 Å². The maximum absolute atomic E-state index is 11.3. The fourth-order valence-electron chi connectivity index (χ4n) is 3.06. The largest absolute Gasteiger partial charge is 0.506 e. The number of phenolic OH excluding ortho intramolecular Hbond substituents is 1. The van der Waals surface area contributed by atoms with E-state index < -0.39 is 0 Å². The van der Waals surface area contributed by atoms with Crippen LogP contribution in [0.1, 0.15) is 34.0 Å².